The first kappa shape index (κ1) is 19.2. The highest BCUT2D eigenvalue weighted by atomic mass is 16.5. The Morgan fingerprint density at radius 3 is 2.38 bits per heavy atom. The third kappa shape index (κ3) is 4.04. The highest BCUT2D eigenvalue weighted by Gasteiger charge is 2.26. The van der Waals surface area contributed by atoms with E-state index in [9.17, 15) is 9.59 Å². The van der Waals surface area contributed by atoms with Crippen LogP contribution >= 0.6 is 0 Å². The number of Topliss-reactive ketones (excluding diaryl/α,β-unsaturated/α-hetero) is 1. The number of hydrogen-bond acceptors (Lipinski definition) is 4. The third-order valence-corrected chi connectivity index (χ3v) is 5.62. The van der Waals surface area contributed by atoms with Crippen LogP contribution < -0.4 is 9.64 Å². The maximum atomic E-state index is 13.0. The average molecular weight is 390 g/mol. The van der Waals surface area contributed by atoms with Gasteiger partial charge < -0.3 is 14.5 Å². The Balaban J connectivity index is 1.38. The fourth-order valence-corrected chi connectivity index (χ4v) is 3.98. The molecule has 0 atom stereocenters. The standard InChI is InChI=1S/C24H26N2O3/c1-3-29-23-8-6-22(7-9-23)25-10-12-26(13-11-25)24(28)21-15-19-5-4-18(17(2)27)14-20(19)16-21/h4-9,14,16H,3,10-13,15H2,1-2H3. The lowest BCUT2D eigenvalue weighted by Gasteiger charge is -2.36. The van der Waals surface area contributed by atoms with Gasteiger partial charge in [0.25, 0.3) is 0 Å². The highest BCUT2D eigenvalue weighted by molar-refractivity contribution is 6.01. The van der Waals surface area contributed by atoms with E-state index in [2.05, 4.69) is 17.0 Å². The van der Waals surface area contributed by atoms with E-state index < -0.39 is 0 Å². The fraction of sp³-hybridized carbons (Fsp3) is 0.333. The molecular weight excluding hydrogens is 364 g/mol. The van der Waals surface area contributed by atoms with Gasteiger partial charge in [0.1, 0.15) is 5.75 Å². The zero-order valence-electron chi connectivity index (χ0n) is 17.0. The van der Waals surface area contributed by atoms with Crippen LogP contribution in [0.3, 0.4) is 0 Å². The van der Waals surface area contributed by atoms with Crippen LogP contribution in [0.15, 0.2) is 48.0 Å². The summed E-state index contributed by atoms with van der Waals surface area (Å²) in [7, 11) is 0. The molecule has 1 aliphatic heterocycles. The zero-order valence-corrected chi connectivity index (χ0v) is 17.0. The molecule has 1 amide bonds. The van der Waals surface area contributed by atoms with Gasteiger partial charge in [0.05, 0.1) is 6.61 Å². The molecule has 4 rings (SSSR count). The summed E-state index contributed by atoms with van der Waals surface area (Å²) in [5, 5.41) is 0. The average Bonchev–Trinajstić information content (AvgIpc) is 3.17. The van der Waals surface area contributed by atoms with Crippen LogP contribution in [-0.4, -0.2) is 49.4 Å². The van der Waals surface area contributed by atoms with Crippen molar-refractivity contribution >= 4 is 23.5 Å². The van der Waals surface area contributed by atoms with Crippen molar-refractivity contribution in [2.24, 2.45) is 0 Å². The SMILES string of the molecule is CCOc1ccc(N2CCN(C(=O)C3=Cc4cc(C(C)=O)ccc4C3)CC2)cc1. The Morgan fingerprint density at radius 1 is 1.00 bits per heavy atom. The molecule has 0 radical (unpaired) electrons. The Labute approximate surface area is 171 Å². The molecule has 0 unspecified atom stereocenters. The number of anilines is 1. The molecule has 5 nitrogen and oxygen atoms in total. The molecule has 0 aromatic heterocycles. The Kier molecular flexibility index (Phi) is 5.38. The van der Waals surface area contributed by atoms with Gasteiger partial charge in [0.2, 0.25) is 5.91 Å². The first-order valence-electron chi connectivity index (χ1n) is 10.2. The number of fused-ring (bicyclic) bond motifs is 1. The Morgan fingerprint density at radius 2 is 1.72 bits per heavy atom. The molecule has 150 valence electrons. The number of carbonyl (C=O) groups excluding carboxylic acids is 2. The highest BCUT2D eigenvalue weighted by Crippen LogP contribution is 2.28. The van der Waals surface area contributed by atoms with Gasteiger partial charge >= 0.3 is 0 Å². The molecule has 2 aromatic carbocycles. The molecule has 0 saturated carbocycles. The molecule has 1 saturated heterocycles. The summed E-state index contributed by atoms with van der Waals surface area (Å²) < 4.78 is 5.50. The molecule has 29 heavy (non-hydrogen) atoms. The monoisotopic (exact) mass is 390 g/mol. The number of carbonyl (C=O) groups is 2. The number of hydrogen-bond donors (Lipinski definition) is 0. The number of piperazine rings is 1. The smallest absolute Gasteiger partial charge is 0.250 e. The first-order chi connectivity index (χ1) is 14.0. The van der Waals surface area contributed by atoms with E-state index in [1.165, 1.54) is 0 Å². The quantitative estimate of drug-likeness (QED) is 0.733. The number of benzene rings is 2. The van der Waals surface area contributed by atoms with Crippen molar-refractivity contribution in [3.05, 3.63) is 64.7 Å². The molecule has 1 heterocycles. The predicted octanol–water partition coefficient (Wildman–Crippen LogP) is 3.58. The van der Waals surface area contributed by atoms with Crippen LogP contribution in [0.5, 0.6) is 5.75 Å². The minimum Gasteiger partial charge on any atom is -0.494 e. The minimum absolute atomic E-state index is 0.0476. The van der Waals surface area contributed by atoms with Crippen LogP contribution in [-0.2, 0) is 11.2 Å². The van der Waals surface area contributed by atoms with E-state index in [1.54, 1.807) is 6.92 Å². The summed E-state index contributed by atoms with van der Waals surface area (Å²) in [6.07, 6.45) is 2.59. The molecule has 0 bridgehead atoms. The van der Waals surface area contributed by atoms with Gasteiger partial charge in [0.15, 0.2) is 5.78 Å². The second-order valence-corrected chi connectivity index (χ2v) is 7.52. The summed E-state index contributed by atoms with van der Waals surface area (Å²) >= 11 is 0. The Hall–Kier alpha value is -3.08. The molecule has 0 spiro atoms. The normalized spacial score (nSPS) is 15.7. The number of rotatable bonds is 5. The molecule has 2 aliphatic rings. The second-order valence-electron chi connectivity index (χ2n) is 7.52. The predicted molar refractivity (Wildman–Crippen MR) is 115 cm³/mol. The lowest BCUT2D eigenvalue weighted by Crippen LogP contribution is -2.49. The number of ketones is 1. The summed E-state index contributed by atoms with van der Waals surface area (Å²) in [6.45, 7) is 7.25. The lowest BCUT2D eigenvalue weighted by atomic mass is 10.0. The first-order valence-corrected chi connectivity index (χ1v) is 10.2. The maximum Gasteiger partial charge on any atom is 0.250 e. The summed E-state index contributed by atoms with van der Waals surface area (Å²) in [6, 6.07) is 13.8. The fourth-order valence-electron chi connectivity index (χ4n) is 3.98. The van der Waals surface area contributed by atoms with E-state index in [4.69, 9.17) is 4.74 Å². The van der Waals surface area contributed by atoms with Gasteiger partial charge in [-0.15, -0.1) is 0 Å². The van der Waals surface area contributed by atoms with Gasteiger partial charge in [-0.25, -0.2) is 0 Å². The van der Waals surface area contributed by atoms with Crippen molar-refractivity contribution in [1.82, 2.24) is 4.90 Å². The zero-order chi connectivity index (χ0) is 20.4. The molecule has 1 aliphatic carbocycles. The summed E-state index contributed by atoms with van der Waals surface area (Å²) in [5.41, 5.74) is 4.78. The largest absolute Gasteiger partial charge is 0.494 e. The van der Waals surface area contributed by atoms with E-state index in [0.717, 1.165) is 41.2 Å². The summed E-state index contributed by atoms with van der Waals surface area (Å²) in [4.78, 5) is 28.8. The van der Waals surface area contributed by atoms with E-state index in [-0.39, 0.29) is 11.7 Å². The van der Waals surface area contributed by atoms with Crippen molar-refractivity contribution < 1.29 is 14.3 Å². The van der Waals surface area contributed by atoms with Gasteiger partial charge in [-0.05, 0) is 61.4 Å². The van der Waals surface area contributed by atoms with Crippen LogP contribution in [0, 0.1) is 0 Å². The molecule has 1 fully saturated rings. The maximum absolute atomic E-state index is 13.0. The van der Waals surface area contributed by atoms with Crippen molar-refractivity contribution in [1.29, 1.82) is 0 Å². The minimum atomic E-state index is 0.0476. The van der Waals surface area contributed by atoms with E-state index in [0.29, 0.717) is 31.7 Å². The van der Waals surface area contributed by atoms with Crippen LogP contribution in [0.1, 0.15) is 35.3 Å². The lowest BCUT2D eigenvalue weighted by molar-refractivity contribution is -0.127. The van der Waals surface area contributed by atoms with Gasteiger partial charge in [-0.2, -0.15) is 0 Å². The Bertz CT molecular complexity index is 955. The number of ether oxygens (including phenoxy) is 1. The number of amides is 1. The van der Waals surface area contributed by atoms with Gasteiger partial charge in [-0.1, -0.05) is 12.1 Å². The van der Waals surface area contributed by atoms with Crippen molar-refractivity contribution in [2.45, 2.75) is 20.3 Å². The van der Waals surface area contributed by atoms with E-state index >= 15 is 0 Å². The van der Waals surface area contributed by atoms with Crippen molar-refractivity contribution in [3.8, 4) is 5.75 Å². The van der Waals surface area contributed by atoms with Crippen molar-refractivity contribution in [2.75, 3.05) is 37.7 Å². The number of nitrogens with zero attached hydrogens (tertiary/aromatic N) is 2. The summed E-state index contributed by atoms with van der Waals surface area (Å²) in [5.74, 6) is 1.04. The third-order valence-electron chi connectivity index (χ3n) is 5.62. The van der Waals surface area contributed by atoms with E-state index in [1.807, 2.05) is 48.2 Å². The van der Waals surface area contributed by atoms with Gasteiger partial charge in [0, 0.05) is 49.4 Å². The van der Waals surface area contributed by atoms with Crippen LogP contribution in [0.4, 0.5) is 5.69 Å². The topological polar surface area (TPSA) is 49.9 Å². The molecule has 5 heteroatoms. The van der Waals surface area contributed by atoms with Crippen molar-refractivity contribution in [3.63, 3.8) is 0 Å². The second kappa shape index (κ2) is 8.11. The molecular formula is C24H26N2O3. The molecule has 0 N–H and O–H groups in total. The molecule has 2 aromatic rings. The van der Waals surface area contributed by atoms with Crippen LogP contribution in [0.25, 0.3) is 6.08 Å². The van der Waals surface area contributed by atoms with Gasteiger partial charge in [-0.3, -0.25) is 9.59 Å². The van der Waals surface area contributed by atoms with Crippen LogP contribution in [0.2, 0.25) is 0 Å².